The summed E-state index contributed by atoms with van der Waals surface area (Å²) in [7, 11) is 1.91. The number of nitrogens with one attached hydrogen (secondary N) is 1. The van der Waals surface area contributed by atoms with Crippen molar-refractivity contribution in [2.75, 3.05) is 23.3 Å². The second-order valence-corrected chi connectivity index (χ2v) is 6.58. The van der Waals surface area contributed by atoms with Gasteiger partial charge in [0.2, 0.25) is 0 Å². The summed E-state index contributed by atoms with van der Waals surface area (Å²) >= 11 is 3.41. The lowest BCUT2D eigenvalue weighted by Crippen LogP contribution is -2.42. The molecule has 0 bridgehead atoms. The highest BCUT2D eigenvalue weighted by atomic mass is 79.9. The van der Waals surface area contributed by atoms with Gasteiger partial charge in [-0.05, 0) is 34.8 Å². The largest absolute Gasteiger partial charge is 0.380 e. The highest BCUT2D eigenvalue weighted by Gasteiger charge is 2.22. The summed E-state index contributed by atoms with van der Waals surface area (Å²) in [5.74, 6) is 0. The van der Waals surface area contributed by atoms with Crippen LogP contribution in [0.5, 0.6) is 0 Å². The maximum absolute atomic E-state index is 10.8. The zero-order chi connectivity index (χ0) is 16.4. The fourth-order valence-electron chi connectivity index (χ4n) is 2.86. The fourth-order valence-corrected chi connectivity index (χ4v) is 3.34. The molecule has 8 heteroatoms. The van der Waals surface area contributed by atoms with Gasteiger partial charge in [-0.3, -0.25) is 14.8 Å². The predicted octanol–water partition coefficient (Wildman–Crippen LogP) is 3.17. The highest BCUT2D eigenvalue weighted by Crippen LogP contribution is 2.29. The van der Waals surface area contributed by atoms with Crippen LogP contribution in [0.1, 0.15) is 12.8 Å². The number of piperidine rings is 1. The molecule has 1 aliphatic heterocycles. The molecule has 1 unspecified atom stereocenters. The maximum atomic E-state index is 10.8. The molecule has 23 heavy (non-hydrogen) atoms. The van der Waals surface area contributed by atoms with E-state index in [0.717, 1.165) is 37.3 Å². The minimum Gasteiger partial charge on any atom is -0.380 e. The van der Waals surface area contributed by atoms with Crippen molar-refractivity contribution in [2.45, 2.75) is 18.9 Å². The molecule has 2 heterocycles. The third-order valence-electron chi connectivity index (χ3n) is 4.00. The number of anilines is 2. The average Bonchev–Trinajstić information content (AvgIpc) is 2.96. The van der Waals surface area contributed by atoms with Crippen molar-refractivity contribution in [1.29, 1.82) is 0 Å². The molecule has 7 nitrogen and oxygen atoms in total. The first-order chi connectivity index (χ1) is 11.0. The predicted molar refractivity (Wildman–Crippen MR) is 92.9 cm³/mol. The van der Waals surface area contributed by atoms with Gasteiger partial charge in [0.05, 0.1) is 16.8 Å². The number of nitro benzene ring substituents is 1. The standard InChI is InChI=1S/C15H18BrN5O2/c1-19-10-13(8-17-19)20-6-2-3-11(9-20)18-15-5-4-12(21(22)23)7-14(15)16/h4-5,7-8,10-11,18H,2-3,6,9H2,1H3. The summed E-state index contributed by atoms with van der Waals surface area (Å²) in [6, 6.07) is 5.10. The van der Waals surface area contributed by atoms with Crippen molar-refractivity contribution in [3.8, 4) is 0 Å². The van der Waals surface area contributed by atoms with E-state index in [-0.39, 0.29) is 10.6 Å². The molecule has 3 rings (SSSR count). The molecule has 0 amide bonds. The van der Waals surface area contributed by atoms with Crippen molar-refractivity contribution in [3.63, 3.8) is 0 Å². The first-order valence-corrected chi connectivity index (χ1v) is 8.26. The first-order valence-electron chi connectivity index (χ1n) is 7.47. The molecule has 0 aliphatic carbocycles. The molecule has 1 saturated heterocycles. The van der Waals surface area contributed by atoms with Gasteiger partial charge < -0.3 is 10.2 Å². The molecule has 1 atom stereocenters. The number of benzene rings is 1. The number of hydrogen-bond donors (Lipinski definition) is 1. The van der Waals surface area contributed by atoms with E-state index in [2.05, 4.69) is 31.2 Å². The summed E-state index contributed by atoms with van der Waals surface area (Å²) < 4.78 is 2.52. The number of nitro groups is 1. The van der Waals surface area contributed by atoms with E-state index in [1.165, 1.54) is 12.1 Å². The highest BCUT2D eigenvalue weighted by molar-refractivity contribution is 9.10. The van der Waals surface area contributed by atoms with Crippen LogP contribution >= 0.6 is 15.9 Å². The lowest BCUT2D eigenvalue weighted by molar-refractivity contribution is -0.384. The number of nitrogens with zero attached hydrogens (tertiary/aromatic N) is 4. The minimum atomic E-state index is -0.390. The zero-order valence-corrected chi connectivity index (χ0v) is 14.4. The van der Waals surface area contributed by atoms with Gasteiger partial charge in [0, 0.05) is 54.7 Å². The van der Waals surface area contributed by atoms with Crippen molar-refractivity contribution < 1.29 is 4.92 Å². The number of hydrogen-bond acceptors (Lipinski definition) is 5. The molecule has 2 aromatic rings. The van der Waals surface area contributed by atoms with E-state index in [0.29, 0.717) is 10.5 Å². The SMILES string of the molecule is Cn1cc(N2CCCC(Nc3ccc([N+](=O)[O-])cc3Br)C2)cn1. The Morgan fingerprint density at radius 3 is 2.96 bits per heavy atom. The molecule has 0 radical (unpaired) electrons. The van der Waals surface area contributed by atoms with Crippen LogP contribution in [0.25, 0.3) is 0 Å². The van der Waals surface area contributed by atoms with Crippen LogP contribution in [0, 0.1) is 10.1 Å². The summed E-state index contributed by atoms with van der Waals surface area (Å²) in [5.41, 5.74) is 2.10. The molecule has 1 N–H and O–H groups in total. The number of aryl methyl sites for hydroxylation is 1. The van der Waals surface area contributed by atoms with Crippen LogP contribution in [0.4, 0.5) is 17.1 Å². The minimum absolute atomic E-state index is 0.0862. The lowest BCUT2D eigenvalue weighted by atomic mass is 10.0. The van der Waals surface area contributed by atoms with E-state index >= 15 is 0 Å². The molecular weight excluding hydrogens is 362 g/mol. The number of halogens is 1. The monoisotopic (exact) mass is 379 g/mol. The number of aromatic nitrogens is 2. The van der Waals surface area contributed by atoms with Crippen molar-refractivity contribution in [3.05, 3.63) is 45.2 Å². The molecule has 1 fully saturated rings. The van der Waals surface area contributed by atoms with Gasteiger partial charge in [-0.2, -0.15) is 5.10 Å². The van der Waals surface area contributed by atoms with Gasteiger partial charge in [0.15, 0.2) is 0 Å². The molecular formula is C15H18BrN5O2. The molecule has 1 aromatic heterocycles. The Balaban J connectivity index is 1.69. The van der Waals surface area contributed by atoms with E-state index in [9.17, 15) is 10.1 Å². The van der Waals surface area contributed by atoms with E-state index in [4.69, 9.17) is 0 Å². The van der Waals surface area contributed by atoms with Gasteiger partial charge >= 0.3 is 0 Å². The van der Waals surface area contributed by atoms with Crippen molar-refractivity contribution in [2.24, 2.45) is 7.05 Å². The fraction of sp³-hybridized carbons (Fsp3) is 0.400. The van der Waals surface area contributed by atoms with Crippen LogP contribution in [0.3, 0.4) is 0 Å². The molecule has 0 spiro atoms. The maximum Gasteiger partial charge on any atom is 0.270 e. The Hall–Kier alpha value is -2.09. The lowest BCUT2D eigenvalue weighted by Gasteiger charge is -2.34. The van der Waals surface area contributed by atoms with Crippen LogP contribution < -0.4 is 10.2 Å². The van der Waals surface area contributed by atoms with Crippen molar-refractivity contribution >= 4 is 33.0 Å². The molecule has 1 aromatic carbocycles. The molecule has 1 aliphatic rings. The second-order valence-electron chi connectivity index (χ2n) is 5.72. The number of non-ortho nitro benzene ring substituents is 1. The van der Waals surface area contributed by atoms with E-state index in [1.54, 1.807) is 10.7 Å². The van der Waals surface area contributed by atoms with E-state index in [1.807, 2.05) is 19.4 Å². The summed E-state index contributed by atoms with van der Waals surface area (Å²) in [6.45, 7) is 1.90. The van der Waals surface area contributed by atoms with Gasteiger partial charge in [0.25, 0.3) is 5.69 Å². The van der Waals surface area contributed by atoms with E-state index < -0.39 is 0 Å². The summed E-state index contributed by atoms with van der Waals surface area (Å²) in [4.78, 5) is 12.7. The third kappa shape index (κ3) is 3.64. The zero-order valence-electron chi connectivity index (χ0n) is 12.8. The topological polar surface area (TPSA) is 76.2 Å². The second kappa shape index (κ2) is 6.57. The average molecular weight is 380 g/mol. The Morgan fingerprint density at radius 2 is 2.30 bits per heavy atom. The van der Waals surface area contributed by atoms with Crippen LogP contribution in [-0.2, 0) is 7.05 Å². The third-order valence-corrected chi connectivity index (χ3v) is 4.66. The van der Waals surface area contributed by atoms with Crippen LogP contribution in [0.2, 0.25) is 0 Å². The van der Waals surface area contributed by atoms with Crippen LogP contribution in [-0.4, -0.2) is 33.8 Å². The summed E-state index contributed by atoms with van der Waals surface area (Å²) in [5, 5.41) is 18.5. The molecule has 122 valence electrons. The first kappa shape index (κ1) is 15.8. The Morgan fingerprint density at radius 1 is 1.48 bits per heavy atom. The number of rotatable bonds is 4. The van der Waals surface area contributed by atoms with Crippen molar-refractivity contribution in [1.82, 2.24) is 9.78 Å². The Kier molecular flexibility index (Phi) is 4.51. The van der Waals surface area contributed by atoms with Gasteiger partial charge in [-0.25, -0.2) is 0 Å². The quantitative estimate of drug-likeness (QED) is 0.651. The molecule has 0 saturated carbocycles. The van der Waals surface area contributed by atoms with Gasteiger partial charge in [-0.1, -0.05) is 0 Å². The summed E-state index contributed by atoms with van der Waals surface area (Å²) in [6.07, 6.45) is 6.06. The Bertz CT molecular complexity index is 718. The van der Waals surface area contributed by atoms with Gasteiger partial charge in [0.1, 0.15) is 0 Å². The smallest absolute Gasteiger partial charge is 0.270 e. The van der Waals surface area contributed by atoms with Crippen LogP contribution in [0.15, 0.2) is 35.1 Å². The normalized spacial score (nSPS) is 18.0. The Labute approximate surface area is 142 Å². The van der Waals surface area contributed by atoms with Gasteiger partial charge in [-0.15, -0.1) is 0 Å².